The summed E-state index contributed by atoms with van der Waals surface area (Å²) in [6.07, 6.45) is 12.4. The number of allylic oxidation sites excluding steroid dienone is 2. The van der Waals surface area contributed by atoms with Crippen LogP contribution in [0.3, 0.4) is 0 Å². The second kappa shape index (κ2) is 11.9. The summed E-state index contributed by atoms with van der Waals surface area (Å²) < 4.78 is 0. The van der Waals surface area contributed by atoms with Gasteiger partial charge in [0.2, 0.25) is 0 Å². The van der Waals surface area contributed by atoms with E-state index in [1.807, 2.05) is 56.7 Å². The maximum atomic E-state index is 4.46. The van der Waals surface area contributed by atoms with Gasteiger partial charge in [0.1, 0.15) is 11.6 Å². The molecule has 188 valence electrons. The number of anilines is 2. The Balaban J connectivity index is 0.000000170. The van der Waals surface area contributed by atoms with Crippen LogP contribution in [0.5, 0.6) is 0 Å². The van der Waals surface area contributed by atoms with Gasteiger partial charge in [-0.05, 0) is 59.2 Å². The van der Waals surface area contributed by atoms with Crippen LogP contribution in [0.15, 0.2) is 74.2 Å². The highest BCUT2D eigenvalue weighted by atomic mass is 15.3. The minimum atomic E-state index is 0.876. The first kappa shape index (κ1) is 25.5. The Morgan fingerprint density at radius 2 is 1.78 bits per heavy atom. The molecule has 6 heteroatoms. The number of benzene rings is 1. The third-order valence-electron chi connectivity index (χ3n) is 6.64. The molecule has 0 radical (unpaired) electrons. The van der Waals surface area contributed by atoms with Crippen molar-refractivity contribution in [3.05, 3.63) is 85.4 Å². The molecule has 2 aromatic heterocycles. The molecule has 0 atom stereocenters. The fourth-order valence-corrected chi connectivity index (χ4v) is 4.47. The number of fused-ring (bicyclic) bond motifs is 1. The average Bonchev–Trinajstić information content (AvgIpc) is 3.77. The summed E-state index contributed by atoms with van der Waals surface area (Å²) in [5.41, 5.74) is 3.42. The molecule has 0 bridgehead atoms. The standard InChI is InChI=1S/C16H19N3.C14H19N3/c1-5-12(11-19(3)4)13-6-7-14-10-18-16(17-2)9-15(14)8-13;1-2-12-5-6-15-14(11-12)17-9-7-16(8-10-17)13-3-4-13/h5-11H,1H2,2-4H3,(H,17,18);2,5-6,11,13H,1,3-4,7-10H2/b12-11+;. The van der Waals surface area contributed by atoms with Crippen molar-refractivity contribution in [1.29, 1.82) is 0 Å². The fourth-order valence-electron chi connectivity index (χ4n) is 4.47. The van der Waals surface area contributed by atoms with Crippen molar-refractivity contribution in [3.63, 3.8) is 0 Å². The van der Waals surface area contributed by atoms with Crippen molar-refractivity contribution < 1.29 is 0 Å². The van der Waals surface area contributed by atoms with E-state index in [-0.39, 0.29) is 0 Å². The number of piperazine rings is 1. The Morgan fingerprint density at radius 1 is 1.00 bits per heavy atom. The molecule has 3 heterocycles. The smallest absolute Gasteiger partial charge is 0.129 e. The summed E-state index contributed by atoms with van der Waals surface area (Å²) in [5, 5.41) is 5.36. The third-order valence-corrected chi connectivity index (χ3v) is 6.64. The topological polar surface area (TPSA) is 47.5 Å². The van der Waals surface area contributed by atoms with Gasteiger partial charge < -0.3 is 15.1 Å². The molecular weight excluding hydrogens is 444 g/mol. The average molecular weight is 483 g/mol. The summed E-state index contributed by atoms with van der Waals surface area (Å²) >= 11 is 0. The van der Waals surface area contributed by atoms with Crippen molar-refractivity contribution in [2.24, 2.45) is 0 Å². The molecule has 0 unspecified atom stereocenters. The van der Waals surface area contributed by atoms with E-state index in [1.165, 1.54) is 31.3 Å². The number of nitrogens with one attached hydrogen (secondary N) is 1. The molecule has 36 heavy (non-hydrogen) atoms. The normalized spacial score (nSPS) is 16.2. The zero-order chi connectivity index (χ0) is 25.5. The first-order valence-electron chi connectivity index (χ1n) is 12.7. The Kier molecular flexibility index (Phi) is 8.39. The highest BCUT2D eigenvalue weighted by molar-refractivity contribution is 5.88. The second-order valence-corrected chi connectivity index (χ2v) is 9.54. The van der Waals surface area contributed by atoms with Crippen molar-refractivity contribution in [2.45, 2.75) is 18.9 Å². The zero-order valence-electron chi connectivity index (χ0n) is 21.8. The molecule has 1 aromatic carbocycles. The summed E-state index contributed by atoms with van der Waals surface area (Å²) in [7, 11) is 5.89. The Labute approximate surface area is 215 Å². The van der Waals surface area contributed by atoms with E-state index in [1.54, 1.807) is 0 Å². The lowest BCUT2D eigenvalue weighted by Gasteiger charge is -2.35. The van der Waals surface area contributed by atoms with Crippen LogP contribution in [0.25, 0.3) is 22.4 Å². The van der Waals surface area contributed by atoms with Crippen molar-refractivity contribution >= 4 is 34.1 Å². The van der Waals surface area contributed by atoms with E-state index in [4.69, 9.17) is 0 Å². The van der Waals surface area contributed by atoms with Crippen molar-refractivity contribution in [3.8, 4) is 0 Å². The molecule has 1 N–H and O–H groups in total. The monoisotopic (exact) mass is 482 g/mol. The molecule has 3 aromatic rings. The predicted molar refractivity (Wildman–Crippen MR) is 154 cm³/mol. The van der Waals surface area contributed by atoms with Gasteiger partial charge in [0, 0.05) is 77.3 Å². The Bertz CT molecular complexity index is 1220. The van der Waals surface area contributed by atoms with Crippen LogP contribution in [-0.4, -0.2) is 73.1 Å². The minimum absolute atomic E-state index is 0.876. The van der Waals surface area contributed by atoms with Gasteiger partial charge in [0.25, 0.3) is 0 Å². The van der Waals surface area contributed by atoms with Crippen molar-refractivity contribution in [2.75, 3.05) is 57.5 Å². The van der Waals surface area contributed by atoms with Crippen molar-refractivity contribution in [1.82, 2.24) is 19.8 Å². The van der Waals surface area contributed by atoms with Crippen LogP contribution in [0.4, 0.5) is 11.6 Å². The molecule has 2 aliphatic rings. The van der Waals surface area contributed by atoms with E-state index >= 15 is 0 Å². The summed E-state index contributed by atoms with van der Waals surface area (Å²) in [5.74, 6) is 1.97. The molecule has 1 saturated heterocycles. The van der Waals surface area contributed by atoms with E-state index < -0.39 is 0 Å². The van der Waals surface area contributed by atoms with Gasteiger partial charge in [-0.15, -0.1) is 0 Å². The number of hydrogen-bond acceptors (Lipinski definition) is 6. The minimum Gasteiger partial charge on any atom is -0.383 e. The number of aromatic nitrogens is 2. The number of pyridine rings is 2. The molecule has 6 nitrogen and oxygen atoms in total. The summed E-state index contributed by atoms with van der Waals surface area (Å²) in [6, 6.07) is 13.4. The van der Waals surface area contributed by atoms with Crippen LogP contribution < -0.4 is 10.2 Å². The van der Waals surface area contributed by atoms with Crippen LogP contribution in [0.1, 0.15) is 24.0 Å². The largest absolute Gasteiger partial charge is 0.383 e. The number of rotatable bonds is 7. The van der Waals surface area contributed by atoms with Gasteiger partial charge in [0.05, 0.1) is 0 Å². The predicted octanol–water partition coefficient (Wildman–Crippen LogP) is 5.37. The maximum Gasteiger partial charge on any atom is 0.129 e. The van der Waals surface area contributed by atoms with Crippen LogP contribution in [-0.2, 0) is 0 Å². The molecule has 0 spiro atoms. The van der Waals surface area contributed by atoms with Gasteiger partial charge in [-0.2, -0.15) is 0 Å². The lowest BCUT2D eigenvalue weighted by atomic mass is 10.0. The first-order valence-corrected chi connectivity index (χ1v) is 12.7. The summed E-state index contributed by atoms with van der Waals surface area (Å²) in [6.45, 7) is 12.3. The molecule has 1 aliphatic heterocycles. The van der Waals surface area contributed by atoms with Crippen LogP contribution in [0, 0.1) is 0 Å². The lowest BCUT2D eigenvalue weighted by molar-refractivity contribution is 0.247. The van der Waals surface area contributed by atoms with E-state index in [0.717, 1.165) is 52.9 Å². The van der Waals surface area contributed by atoms with Gasteiger partial charge in [-0.1, -0.05) is 37.4 Å². The number of nitrogens with zero attached hydrogens (tertiary/aromatic N) is 5. The molecular formula is C30H38N6. The third kappa shape index (κ3) is 6.52. The zero-order valence-corrected chi connectivity index (χ0v) is 21.8. The van der Waals surface area contributed by atoms with E-state index in [2.05, 4.69) is 74.8 Å². The van der Waals surface area contributed by atoms with E-state index in [0.29, 0.717) is 0 Å². The quantitative estimate of drug-likeness (QED) is 0.457. The SMILES string of the molecule is C=C/C(=C\N(C)C)c1ccc2cnc(NC)cc2c1.C=Cc1ccnc(N2CCN(C3CC3)CC2)c1. The van der Waals surface area contributed by atoms with E-state index in [9.17, 15) is 0 Å². The fraction of sp³-hybridized carbons (Fsp3) is 0.333. The Morgan fingerprint density at radius 3 is 2.42 bits per heavy atom. The summed E-state index contributed by atoms with van der Waals surface area (Å²) in [4.78, 5) is 15.8. The molecule has 5 rings (SSSR count). The van der Waals surface area contributed by atoms with Crippen LogP contribution in [0.2, 0.25) is 0 Å². The van der Waals surface area contributed by atoms with Crippen LogP contribution >= 0.6 is 0 Å². The molecule has 1 saturated carbocycles. The number of hydrogen-bond donors (Lipinski definition) is 1. The first-order chi connectivity index (χ1) is 17.5. The van der Waals surface area contributed by atoms with Gasteiger partial charge in [0.15, 0.2) is 0 Å². The molecule has 2 fully saturated rings. The second-order valence-electron chi connectivity index (χ2n) is 9.54. The molecule has 1 aliphatic carbocycles. The van der Waals surface area contributed by atoms with Gasteiger partial charge >= 0.3 is 0 Å². The lowest BCUT2D eigenvalue weighted by Crippen LogP contribution is -2.47. The molecule has 0 amide bonds. The van der Waals surface area contributed by atoms with Gasteiger partial charge in [-0.3, -0.25) is 4.90 Å². The Hall–Kier alpha value is -3.64. The van der Waals surface area contributed by atoms with Gasteiger partial charge in [-0.25, -0.2) is 9.97 Å². The highest BCUT2D eigenvalue weighted by Crippen LogP contribution is 2.28. The maximum absolute atomic E-state index is 4.46. The highest BCUT2D eigenvalue weighted by Gasteiger charge is 2.31.